The highest BCUT2D eigenvalue weighted by Gasteiger charge is 2.26. The van der Waals surface area contributed by atoms with Gasteiger partial charge in [-0.1, -0.05) is 18.2 Å². The number of piperazine rings is 1. The maximum Gasteiger partial charge on any atom is 0.409 e. The topological polar surface area (TPSA) is 97.4 Å². The highest BCUT2D eigenvalue weighted by atomic mass is 16.7. The lowest BCUT2D eigenvalue weighted by Crippen LogP contribution is -2.50. The summed E-state index contributed by atoms with van der Waals surface area (Å²) in [6, 6.07) is 12.3. The third-order valence-corrected chi connectivity index (χ3v) is 5.33. The van der Waals surface area contributed by atoms with E-state index < -0.39 is 0 Å². The van der Waals surface area contributed by atoms with Crippen molar-refractivity contribution in [1.82, 2.24) is 9.80 Å². The van der Waals surface area contributed by atoms with Crippen LogP contribution < -0.4 is 14.8 Å². The molecule has 0 radical (unpaired) electrons. The van der Waals surface area contributed by atoms with Crippen molar-refractivity contribution in [2.45, 2.75) is 6.92 Å². The summed E-state index contributed by atoms with van der Waals surface area (Å²) < 4.78 is 15.6. The zero-order valence-electron chi connectivity index (χ0n) is 18.3. The Kier molecular flexibility index (Phi) is 6.77. The quantitative estimate of drug-likeness (QED) is 0.702. The van der Waals surface area contributed by atoms with Gasteiger partial charge >= 0.3 is 6.09 Å². The molecule has 1 fully saturated rings. The van der Waals surface area contributed by atoms with E-state index in [4.69, 9.17) is 14.2 Å². The van der Waals surface area contributed by atoms with Gasteiger partial charge in [0.05, 0.1) is 17.9 Å². The highest BCUT2D eigenvalue weighted by Crippen LogP contribution is 2.32. The van der Waals surface area contributed by atoms with Crippen molar-refractivity contribution in [3.05, 3.63) is 59.7 Å². The second-order valence-electron chi connectivity index (χ2n) is 7.46. The molecule has 9 nitrogen and oxygen atoms in total. The van der Waals surface area contributed by atoms with E-state index >= 15 is 0 Å². The SMILES string of the molecule is CCOC(=O)N1CCN(C(=O)c2ccccc2NC(=O)/C=C/c2ccc3c(c2)OCO3)CC1. The molecule has 0 aliphatic carbocycles. The van der Waals surface area contributed by atoms with Crippen LogP contribution in [0, 0.1) is 0 Å². The molecule has 2 aliphatic heterocycles. The van der Waals surface area contributed by atoms with Gasteiger partial charge in [0.25, 0.3) is 5.91 Å². The van der Waals surface area contributed by atoms with Gasteiger partial charge in [0.2, 0.25) is 12.7 Å². The molecular weight excluding hydrogens is 426 g/mol. The van der Waals surface area contributed by atoms with Gasteiger partial charge in [-0.15, -0.1) is 0 Å². The molecule has 0 unspecified atom stereocenters. The van der Waals surface area contributed by atoms with Crippen molar-refractivity contribution < 1.29 is 28.6 Å². The number of nitrogens with zero attached hydrogens (tertiary/aromatic N) is 2. The fraction of sp³-hybridized carbons (Fsp3) is 0.292. The van der Waals surface area contributed by atoms with E-state index in [9.17, 15) is 14.4 Å². The number of hydrogen-bond acceptors (Lipinski definition) is 6. The van der Waals surface area contributed by atoms with Gasteiger partial charge in [-0.25, -0.2) is 4.79 Å². The van der Waals surface area contributed by atoms with Crippen LogP contribution in [0.4, 0.5) is 10.5 Å². The van der Waals surface area contributed by atoms with Crippen LogP contribution in [0.25, 0.3) is 6.08 Å². The molecule has 3 amide bonds. The molecule has 33 heavy (non-hydrogen) atoms. The molecule has 9 heteroatoms. The first-order valence-corrected chi connectivity index (χ1v) is 10.7. The lowest BCUT2D eigenvalue weighted by molar-refractivity contribution is -0.111. The standard InChI is InChI=1S/C24H25N3O6/c1-2-31-24(30)27-13-11-26(12-14-27)23(29)18-5-3-4-6-19(18)25-22(28)10-8-17-7-9-20-21(15-17)33-16-32-20/h3-10,15H,2,11-14,16H2,1H3,(H,25,28)/b10-8+. The van der Waals surface area contributed by atoms with Crippen molar-refractivity contribution >= 4 is 29.7 Å². The highest BCUT2D eigenvalue weighted by molar-refractivity contribution is 6.07. The van der Waals surface area contributed by atoms with Crippen molar-refractivity contribution in [1.29, 1.82) is 0 Å². The second kappa shape index (κ2) is 10.1. The third-order valence-electron chi connectivity index (χ3n) is 5.33. The number of nitrogens with one attached hydrogen (secondary N) is 1. The number of ether oxygens (including phenoxy) is 3. The van der Waals surface area contributed by atoms with Gasteiger partial charge in [0, 0.05) is 32.3 Å². The maximum atomic E-state index is 13.1. The summed E-state index contributed by atoms with van der Waals surface area (Å²) in [5.74, 6) is 0.748. The number of hydrogen-bond donors (Lipinski definition) is 1. The van der Waals surface area contributed by atoms with E-state index in [1.54, 1.807) is 59.2 Å². The summed E-state index contributed by atoms with van der Waals surface area (Å²) in [5, 5.41) is 2.78. The number of amides is 3. The predicted molar refractivity (Wildman–Crippen MR) is 121 cm³/mol. The molecule has 2 aromatic carbocycles. The molecule has 172 valence electrons. The van der Waals surface area contributed by atoms with Crippen LogP contribution in [0.1, 0.15) is 22.8 Å². The molecule has 0 atom stereocenters. The van der Waals surface area contributed by atoms with E-state index in [1.807, 2.05) is 6.07 Å². The Morgan fingerprint density at radius 1 is 1.00 bits per heavy atom. The molecule has 1 N–H and O–H groups in total. The monoisotopic (exact) mass is 451 g/mol. The maximum absolute atomic E-state index is 13.1. The Morgan fingerprint density at radius 2 is 1.73 bits per heavy atom. The summed E-state index contributed by atoms with van der Waals surface area (Å²) in [4.78, 5) is 40.7. The number of carbonyl (C=O) groups is 3. The van der Waals surface area contributed by atoms with E-state index in [0.717, 1.165) is 5.56 Å². The fourth-order valence-corrected chi connectivity index (χ4v) is 3.62. The summed E-state index contributed by atoms with van der Waals surface area (Å²) in [6.45, 7) is 3.84. The molecule has 2 aliphatic rings. The van der Waals surface area contributed by atoms with Gasteiger partial charge in [-0.3, -0.25) is 9.59 Å². The van der Waals surface area contributed by atoms with Crippen LogP contribution in [-0.2, 0) is 9.53 Å². The minimum Gasteiger partial charge on any atom is -0.454 e. The van der Waals surface area contributed by atoms with Crippen molar-refractivity contribution in [3.63, 3.8) is 0 Å². The first kappa shape index (κ1) is 22.2. The lowest BCUT2D eigenvalue weighted by atomic mass is 10.1. The third kappa shape index (κ3) is 5.25. The van der Waals surface area contributed by atoms with E-state index in [0.29, 0.717) is 55.5 Å². The predicted octanol–water partition coefficient (Wildman–Crippen LogP) is 2.98. The number of fused-ring (bicyclic) bond motifs is 1. The van der Waals surface area contributed by atoms with Gasteiger partial charge in [-0.05, 0) is 42.8 Å². The molecule has 0 aromatic heterocycles. The number of para-hydroxylation sites is 1. The Balaban J connectivity index is 1.38. The van der Waals surface area contributed by atoms with Crippen molar-refractivity contribution in [2.24, 2.45) is 0 Å². The van der Waals surface area contributed by atoms with E-state index in [-0.39, 0.29) is 24.7 Å². The van der Waals surface area contributed by atoms with Crippen LogP contribution in [0.2, 0.25) is 0 Å². The van der Waals surface area contributed by atoms with Crippen LogP contribution in [0.15, 0.2) is 48.5 Å². The molecule has 1 saturated heterocycles. The van der Waals surface area contributed by atoms with E-state index in [2.05, 4.69) is 5.32 Å². The van der Waals surface area contributed by atoms with Gasteiger partial charge in [0.15, 0.2) is 11.5 Å². The lowest BCUT2D eigenvalue weighted by Gasteiger charge is -2.34. The van der Waals surface area contributed by atoms with Crippen LogP contribution in [0.5, 0.6) is 11.5 Å². The summed E-state index contributed by atoms with van der Waals surface area (Å²) in [6.07, 6.45) is 2.69. The normalized spacial score (nSPS) is 14.9. The zero-order chi connectivity index (χ0) is 23.2. The van der Waals surface area contributed by atoms with Gasteiger partial charge in [-0.2, -0.15) is 0 Å². The smallest absolute Gasteiger partial charge is 0.409 e. The van der Waals surface area contributed by atoms with Crippen LogP contribution in [0.3, 0.4) is 0 Å². The minimum atomic E-state index is -0.369. The molecule has 0 spiro atoms. The van der Waals surface area contributed by atoms with Crippen molar-refractivity contribution in [2.75, 3.05) is 44.9 Å². The van der Waals surface area contributed by atoms with Crippen LogP contribution >= 0.6 is 0 Å². The second-order valence-corrected chi connectivity index (χ2v) is 7.46. The number of carbonyl (C=O) groups excluding carboxylic acids is 3. The average Bonchev–Trinajstić information content (AvgIpc) is 3.31. The number of benzene rings is 2. The molecule has 0 saturated carbocycles. The largest absolute Gasteiger partial charge is 0.454 e. The summed E-state index contributed by atoms with van der Waals surface area (Å²) in [5.41, 5.74) is 1.61. The van der Waals surface area contributed by atoms with E-state index in [1.165, 1.54) is 6.08 Å². The Morgan fingerprint density at radius 3 is 2.52 bits per heavy atom. The Hall–Kier alpha value is -4.01. The Bertz CT molecular complexity index is 1080. The first-order valence-electron chi connectivity index (χ1n) is 10.7. The molecule has 4 rings (SSSR count). The molecule has 0 bridgehead atoms. The summed E-state index contributed by atoms with van der Waals surface area (Å²) >= 11 is 0. The van der Waals surface area contributed by atoms with Crippen LogP contribution in [-0.4, -0.2) is 67.3 Å². The molecule has 2 aromatic rings. The van der Waals surface area contributed by atoms with Gasteiger partial charge in [0.1, 0.15) is 0 Å². The average molecular weight is 451 g/mol. The van der Waals surface area contributed by atoms with Gasteiger partial charge < -0.3 is 29.3 Å². The summed E-state index contributed by atoms with van der Waals surface area (Å²) in [7, 11) is 0. The number of anilines is 1. The molecule has 2 heterocycles. The van der Waals surface area contributed by atoms with Crippen molar-refractivity contribution in [3.8, 4) is 11.5 Å². The Labute approximate surface area is 191 Å². The number of rotatable bonds is 5. The fourth-order valence-electron chi connectivity index (χ4n) is 3.62. The first-order chi connectivity index (χ1) is 16.0. The minimum absolute atomic E-state index is 0.186. The zero-order valence-corrected chi connectivity index (χ0v) is 18.3. The molecular formula is C24H25N3O6.